The van der Waals surface area contributed by atoms with Gasteiger partial charge >= 0.3 is 0 Å². The Labute approximate surface area is 234 Å². The van der Waals surface area contributed by atoms with Gasteiger partial charge in [0.1, 0.15) is 18.5 Å². The van der Waals surface area contributed by atoms with Crippen molar-refractivity contribution in [3.63, 3.8) is 0 Å². The number of anilines is 1. The molecule has 39 heavy (non-hydrogen) atoms. The van der Waals surface area contributed by atoms with E-state index in [4.69, 9.17) is 16.3 Å². The Hall–Kier alpha value is -3.10. The Morgan fingerprint density at radius 2 is 1.87 bits per heavy atom. The number of carbonyl (C=O) groups is 2. The molecule has 2 aliphatic heterocycles. The van der Waals surface area contributed by atoms with Gasteiger partial charge in [-0.3, -0.25) is 14.5 Å². The number of piperazine rings is 1. The molecule has 9 heteroatoms. The topological polar surface area (TPSA) is 65.1 Å². The summed E-state index contributed by atoms with van der Waals surface area (Å²) >= 11 is 6.14. The molecule has 3 fully saturated rings. The second-order valence-corrected chi connectivity index (χ2v) is 10.9. The molecular formula is C30H36ClFN4O3. The molecule has 208 valence electrons. The highest BCUT2D eigenvalue weighted by atomic mass is 35.5. The Morgan fingerprint density at radius 1 is 1.08 bits per heavy atom. The number of halogens is 2. The average molecular weight is 555 g/mol. The Bertz CT molecular complexity index is 1200. The van der Waals surface area contributed by atoms with E-state index < -0.39 is 5.82 Å². The number of fused-ring (bicyclic) bond motifs is 1. The maximum atomic E-state index is 14.2. The number of benzene rings is 2. The first-order chi connectivity index (χ1) is 19.0. The first kappa shape index (κ1) is 27.5. The van der Waals surface area contributed by atoms with Crippen molar-refractivity contribution in [2.75, 3.05) is 50.7 Å². The summed E-state index contributed by atoms with van der Waals surface area (Å²) in [6.07, 6.45) is 5.74. The molecule has 1 aliphatic carbocycles. The normalized spacial score (nSPS) is 22.9. The zero-order valence-electron chi connectivity index (χ0n) is 22.2. The van der Waals surface area contributed by atoms with Crippen molar-refractivity contribution >= 4 is 35.2 Å². The van der Waals surface area contributed by atoms with Crippen LogP contribution in [-0.4, -0.2) is 79.6 Å². The lowest BCUT2D eigenvalue weighted by molar-refractivity contribution is -0.151. The third kappa shape index (κ3) is 6.92. The molecule has 2 aromatic carbocycles. The highest BCUT2D eigenvalue weighted by Crippen LogP contribution is 2.33. The van der Waals surface area contributed by atoms with Crippen LogP contribution in [0.2, 0.25) is 5.02 Å². The van der Waals surface area contributed by atoms with Crippen molar-refractivity contribution < 1.29 is 18.7 Å². The molecule has 5 rings (SSSR count). The van der Waals surface area contributed by atoms with E-state index in [1.165, 1.54) is 12.1 Å². The van der Waals surface area contributed by atoms with Gasteiger partial charge in [-0.2, -0.15) is 0 Å². The fraction of sp³-hybridized carbons (Fsp3) is 0.467. The molecule has 3 aliphatic rings. The van der Waals surface area contributed by atoms with Crippen LogP contribution >= 0.6 is 11.6 Å². The number of amides is 2. The molecule has 7 nitrogen and oxygen atoms in total. The molecule has 2 heterocycles. The summed E-state index contributed by atoms with van der Waals surface area (Å²) in [7, 11) is 0. The molecule has 2 unspecified atom stereocenters. The van der Waals surface area contributed by atoms with Gasteiger partial charge in [0.05, 0.1) is 6.04 Å². The maximum absolute atomic E-state index is 14.2. The van der Waals surface area contributed by atoms with Crippen LogP contribution in [0.15, 0.2) is 54.3 Å². The van der Waals surface area contributed by atoms with Crippen molar-refractivity contribution in [3.8, 4) is 0 Å². The predicted octanol–water partition coefficient (Wildman–Crippen LogP) is 4.32. The van der Waals surface area contributed by atoms with E-state index in [0.717, 1.165) is 75.5 Å². The van der Waals surface area contributed by atoms with Gasteiger partial charge in [-0.15, -0.1) is 0 Å². The van der Waals surface area contributed by atoms with E-state index in [-0.39, 0.29) is 36.3 Å². The summed E-state index contributed by atoms with van der Waals surface area (Å²) < 4.78 is 20.3. The standard InChI is InChI=1S/C30H36ClFN4O3/c31-23-8-5-9-24(20-23)35-17-15-34(16-18-35)14-6-13-33-29(37)21-36-26-11-3-4-12-27(26)39-28(30(36)38)19-22-7-1-2-10-25(22)32/h1-2,5,7-10,19-20,26-27H,3-4,6,11-18,21H2,(H,33,37)/b28-19+. The van der Waals surface area contributed by atoms with Crippen LogP contribution in [0.25, 0.3) is 6.08 Å². The molecule has 1 saturated carbocycles. The fourth-order valence-electron chi connectivity index (χ4n) is 5.74. The smallest absolute Gasteiger partial charge is 0.289 e. The molecule has 0 bridgehead atoms. The molecule has 0 spiro atoms. The van der Waals surface area contributed by atoms with Crippen LogP contribution < -0.4 is 10.2 Å². The summed E-state index contributed by atoms with van der Waals surface area (Å²) in [6.45, 7) is 5.24. The highest BCUT2D eigenvalue weighted by Gasteiger charge is 2.42. The van der Waals surface area contributed by atoms with E-state index in [9.17, 15) is 14.0 Å². The SMILES string of the molecule is O=C(CN1C(=O)/C(=C\c2ccccc2F)OC2CCCCC21)NCCCN1CCN(c2cccc(Cl)c2)CC1. The largest absolute Gasteiger partial charge is 0.482 e. The lowest BCUT2D eigenvalue weighted by atomic mass is 9.89. The maximum Gasteiger partial charge on any atom is 0.289 e. The zero-order chi connectivity index (χ0) is 27.2. The van der Waals surface area contributed by atoms with E-state index in [1.807, 2.05) is 18.2 Å². The van der Waals surface area contributed by atoms with Gasteiger partial charge < -0.3 is 19.9 Å². The van der Waals surface area contributed by atoms with Crippen LogP contribution in [0, 0.1) is 5.82 Å². The lowest BCUT2D eigenvalue weighted by Crippen LogP contribution is -2.57. The van der Waals surface area contributed by atoms with Gasteiger partial charge in [0.15, 0.2) is 5.76 Å². The molecule has 0 aromatic heterocycles. The first-order valence-electron chi connectivity index (χ1n) is 13.9. The van der Waals surface area contributed by atoms with Crippen molar-refractivity contribution in [2.45, 2.75) is 44.2 Å². The molecular weight excluding hydrogens is 519 g/mol. The third-order valence-electron chi connectivity index (χ3n) is 7.84. The minimum atomic E-state index is -0.415. The number of hydrogen-bond acceptors (Lipinski definition) is 5. The minimum absolute atomic E-state index is 0.0176. The Balaban J connectivity index is 1.10. The van der Waals surface area contributed by atoms with Crippen molar-refractivity contribution in [1.82, 2.24) is 15.1 Å². The van der Waals surface area contributed by atoms with Crippen LogP contribution in [0.5, 0.6) is 0 Å². The second kappa shape index (κ2) is 12.8. The molecule has 2 amide bonds. The average Bonchev–Trinajstić information content (AvgIpc) is 2.95. The Morgan fingerprint density at radius 3 is 2.67 bits per heavy atom. The minimum Gasteiger partial charge on any atom is -0.482 e. The molecule has 2 aromatic rings. The van der Waals surface area contributed by atoms with Crippen molar-refractivity contribution in [3.05, 3.63) is 70.7 Å². The lowest BCUT2D eigenvalue weighted by Gasteiger charge is -2.44. The molecule has 0 radical (unpaired) electrons. The van der Waals surface area contributed by atoms with Crippen LogP contribution in [-0.2, 0) is 14.3 Å². The Kier molecular flexibility index (Phi) is 9.04. The molecule has 2 atom stereocenters. The van der Waals surface area contributed by atoms with Crippen LogP contribution in [0.1, 0.15) is 37.7 Å². The quantitative estimate of drug-likeness (QED) is 0.389. The van der Waals surface area contributed by atoms with E-state index in [0.29, 0.717) is 12.1 Å². The zero-order valence-corrected chi connectivity index (χ0v) is 22.9. The number of hydrogen-bond donors (Lipinski definition) is 1. The van der Waals surface area contributed by atoms with E-state index >= 15 is 0 Å². The summed E-state index contributed by atoms with van der Waals surface area (Å²) in [5.74, 6) is -0.838. The van der Waals surface area contributed by atoms with Gasteiger partial charge in [-0.1, -0.05) is 42.3 Å². The second-order valence-electron chi connectivity index (χ2n) is 10.5. The summed E-state index contributed by atoms with van der Waals surface area (Å²) in [4.78, 5) is 32.6. The van der Waals surface area contributed by atoms with Crippen LogP contribution in [0.3, 0.4) is 0 Å². The van der Waals surface area contributed by atoms with E-state index in [2.05, 4.69) is 21.2 Å². The summed E-state index contributed by atoms with van der Waals surface area (Å²) in [6, 6.07) is 14.1. The first-order valence-corrected chi connectivity index (χ1v) is 14.3. The number of rotatable bonds is 8. The van der Waals surface area contributed by atoms with Crippen molar-refractivity contribution in [2.24, 2.45) is 0 Å². The fourth-order valence-corrected chi connectivity index (χ4v) is 5.92. The van der Waals surface area contributed by atoms with E-state index in [1.54, 1.807) is 23.1 Å². The van der Waals surface area contributed by atoms with Gasteiger partial charge in [-0.05, 0) is 62.6 Å². The third-order valence-corrected chi connectivity index (χ3v) is 8.08. The van der Waals surface area contributed by atoms with Gasteiger partial charge in [0.2, 0.25) is 5.91 Å². The number of nitrogens with one attached hydrogen (secondary N) is 1. The monoisotopic (exact) mass is 554 g/mol. The summed E-state index contributed by atoms with van der Waals surface area (Å²) in [5, 5.41) is 3.75. The van der Waals surface area contributed by atoms with Gasteiger partial charge in [0, 0.05) is 49.0 Å². The number of ether oxygens (including phenoxy) is 1. The summed E-state index contributed by atoms with van der Waals surface area (Å²) in [5.41, 5.74) is 1.45. The van der Waals surface area contributed by atoms with Crippen LogP contribution in [0.4, 0.5) is 10.1 Å². The van der Waals surface area contributed by atoms with Gasteiger partial charge in [0.25, 0.3) is 5.91 Å². The number of nitrogens with zero attached hydrogens (tertiary/aromatic N) is 3. The molecule has 1 N–H and O–H groups in total. The van der Waals surface area contributed by atoms with Gasteiger partial charge in [-0.25, -0.2) is 4.39 Å². The number of morpholine rings is 1. The number of carbonyl (C=O) groups excluding carboxylic acids is 2. The predicted molar refractivity (Wildman–Crippen MR) is 151 cm³/mol. The molecule has 2 saturated heterocycles. The highest BCUT2D eigenvalue weighted by molar-refractivity contribution is 6.30. The van der Waals surface area contributed by atoms with Crippen molar-refractivity contribution in [1.29, 1.82) is 0 Å².